The van der Waals surface area contributed by atoms with E-state index >= 15 is 0 Å². The second kappa shape index (κ2) is 8.79. The van der Waals surface area contributed by atoms with Crippen LogP contribution in [0.1, 0.15) is 29.8 Å². The van der Waals surface area contributed by atoms with Crippen LogP contribution in [-0.2, 0) is 11.2 Å². The first kappa shape index (κ1) is 19.9. The van der Waals surface area contributed by atoms with Gasteiger partial charge in [0.25, 0.3) is 5.91 Å². The average molecular weight is 371 g/mol. The Morgan fingerprint density at radius 2 is 1.81 bits per heavy atom. The van der Waals surface area contributed by atoms with Crippen LogP contribution in [0.2, 0.25) is 0 Å². The minimum atomic E-state index is -0.605. The van der Waals surface area contributed by atoms with Crippen molar-refractivity contribution in [1.29, 1.82) is 0 Å². The normalized spacial score (nSPS) is 10.4. The van der Waals surface area contributed by atoms with Gasteiger partial charge in [0.15, 0.2) is 5.75 Å². The zero-order chi connectivity index (χ0) is 20.0. The van der Waals surface area contributed by atoms with E-state index < -0.39 is 10.8 Å². The van der Waals surface area contributed by atoms with Crippen molar-refractivity contribution in [3.63, 3.8) is 0 Å². The molecule has 2 aromatic rings. The highest BCUT2D eigenvalue weighted by Gasteiger charge is 2.18. The van der Waals surface area contributed by atoms with Gasteiger partial charge in [-0.05, 0) is 43.7 Å². The number of carbonyl (C=O) groups excluding carboxylic acids is 2. The largest absolute Gasteiger partial charge is 0.490 e. The Kier molecular flexibility index (Phi) is 6.48. The third-order valence-corrected chi connectivity index (χ3v) is 3.66. The molecule has 2 amide bonds. The van der Waals surface area contributed by atoms with Crippen LogP contribution < -0.4 is 15.4 Å². The lowest BCUT2D eigenvalue weighted by atomic mass is 10.1. The molecule has 0 spiro atoms. The van der Waals surface area contributed by atoms with Crippen molar-refractivity contribution in [3.05, 3.63) is 63.7 Å². The number of benzene rings is 2. The van der Waals surface area contributed by atoms with E-state index in [9.17, 15) is 19.7 Å². The van der Waals surface area contributed by atoms with E-state index in [1.807, 2.05) is 13.8 Å². The second-order valence-corrected chi connectivity index (χ2v) is 6.19. The van der Waals surface area contributed by atoms with Gasteiger partial charge in [0.2, 0.25) is 5.91 Å². The van der Waals surface area contributed by atoms with Gasteiger partial charge in [0.05, 0.1) is 18.5 Å². The number of carbonyl (C=O) groups is 2. The molecule has 0 heterocycles. The van der Waals surface area contributed by atoms with Crippen LogP contribution in [-0.4, -0.2) is 29.9 Å². The quantitative estimate of drug-likeness (QED) is 0.574. The Hall–Kier alpha value is -3.42. The van der Waals surface area contributed by atoms with E-state index in [-0.39, 0.29) is 35.4 Å². The van der Waals surface area contributed by atoms with Crippen LogP contribution in [0.3, 0.4) is 0 Å². The first-order valence-electron chi connectivity index (χ1n) is 8.32. The minimum Gasteiger partial charge on any atom is -0.490 e. The van der Waals surface area contributed by atoms with Gasteiger partial charge in [0, 0.05) is 23.4 Å². The van der Waals surface area contributed by atoms with Crippen LogP contribution >= 0.6 is 0 Å². The van der Waals surface area contributed by atoms with Crippen molar-refractivity contribution < 1.29 is 19.2 Å². The SMILES string of the molecule is COc1ccc(C(=O)Nc2ccc(CC(=O)NC(C)C)cc2)cc1[N+](=O)[O-]. The molecule has 2 aromatic carbocycles. The smallest absolute Gasteiger partial charge is 0.311 e. The molecule has 8 nitrogen and oxygen atoms in total. The molecule has 2 N–H and O–H groups in total. The molecule has 0 aliphatic carbocycles. The standard InChI is InChI=1S/C19H21N3O5/c1-12(2)20-18(23)10-13-4-7-15(8-5-13)21-19(24)14-6-9-17(27-3)16(11-14)22(25)26/h4-9,11-12H,10H2,1-3H3,(H,20,23)(H,21,24). The summed E-state index contributed by atoms with van der Waals surface area (Å²) < 4.78 is 4.92. The summed E-state index contributed by atoms with van der Waals surface area (Å²) in [7, 11) is 1.32. The minimum absolute atomic E-state index is 0.0737. The summed E-state index contributed by atoms with van der Waals surface area (Å²) in [6.45, 7) is 3.78. The molecule has 0 atom stereocenters. The van der Waals surface area contributed by atoms with Gasteiger partial charge < -0.3 is 15.4 Å². The highest BCUT2D eigenvalue weighted by Crippen LogP contribution is 2.27. The van der Waals surface area contributed by atoms with Crippen molar-refractivity contribution in [2.45, 2.75) is 26.3 Å². The van der Waals surface area contributed by atoms with Crippen LogP contribution in [0.5, 0.6) is 5.75 Å². The molecule has 142 valence electrons. The Bertz CT molecular complexity index is 847. The zero-order valence-electron chi connectivity index (χ0n) is 15.3. The number of nitro benzene ring substituents is 1. The summed E-state index contributed by atoms with van der Waals surface area (Å²) >= 11 is 0. The molecule has 0 aromatic heterocycles. The number of hydrogen-bond donors (Lipinski definition) is 2. The molecular weight excluding hydrogens is 350 g/mol. The summed E-state index contributed by atoms with van der Waals surface area (Å²) in [5, 5.41) is 16.5. The first-order chi connectivity index (χ1) is 12.8. The van der Waals surface area contributed by atoms with Crippen LogP contribution in [0.4, 0.5) is 11.4 Å². The molecule has 2 rings (SSSR count). The molecule has 0 radical (unpaired) electrons. The lowest BCUT2D eigenvalue weighted by molar-refractivity contribution is -0.385. The van der Waals surface area contributed by atoms with Gasteiger partial charge in [-0.15, -0.1) is 0 Å². The maximum atomic E-state index is 12.3. The molecule has 8 heteroatoms. The van der Waals surface area contributed by atoms with E-state index in [0.29, 0.717) is 5.69 Å². The lowest BCUT2D eigenvalue weighted by Gasteiger charge is -2.09. The maximum Gasteiger partial charge on any atom is 0.311 e. The molecule has 0 bridgehead atoms. The van der Waals surface area contributed by atoms with Crippen LogP contribution in [0, 0.1) is 10.1 Å². The predicted octanol–water partition coefficient (Wildman–Crippen LogP) is 2.92. The van der Waals surface area contributed by atoms with Crippen molar-refractivity contribution >= 4 is 23.2 Å². The maximum absolute atomic E-state index is 12.3. The van der Waals surface area contributed by atoms with E-state index in [1.54, 1.807) is 24.3 Å². The first-order valence-corrected chi connectivity index (χ1v) is 8.32. The number of hydrogen-bond acceptors (Lipinski definition) is 5. The lowest BCUT2D eigenvalue weighted by Crippen LogP contribution is -2.31. The average Bonchev–Trinajstić information content (AvgIpc) is 2.62. The monoisotopic (exact) mass is 371 g/mol. The fourth-order valence-electron chi connectivity index (χ4n) is 2.44. The summed E-state index contributed by atoms with van der Waals surface area (Å²) in [5.74, 6) is -0.473. The van der Waals surface area contributed by atoms with Crippen molar-refractivity contribution in [1.82, 2.24) is 5.32 Å². The van der Waals surface area contributed by atoms with Gasteiger partial charge >= 0.3 is 5.69 Å². The number of rotatable bonds is 7. The summed E-state index contributed by atoms with van der Waals surface area (Å²) in [4.78, 5) is 34.6. The van der Waals surface area contributed by atoms with E-state index in [0.717, 1.165) is 5.56 Å². The number of nitrogens with one attached hydrogen (secondary N) is 2. The number of methoxy groups -OCH3 is 1. The summed E-state index contributed by atoms with van der Waals surface area (Å²) in [5.41, 5.74) is 1.19. The predicted molar refractivity (Wildman–Crippen MR) is 101 cm³/mol. The van der Waals surface area contributed by atoms with Crippen LogP contribution in [0.15, 0.2) is 42.5 Å². The molecule has 0 saturated carbocycles. The number of amides is 2. The molecule has 0 unspecified atom stereocenters. The number of ether oxygens (including phenoxy) is 1. The number of anilines is 1. The van der Waals surface area contributed by atoms with Gasteiger partial charge in [-0.25, -0.2) is 0 Å². The second-order valence-electron chi connectivity index (χ2n) is 6.19. The summed E-state index contributed by atoms with van der Waals surface area (Å²) in [6.07, 6.45) is 0.247. The third kappa shape index (κ3) is 5.53. The summed E-state index contributed by atoms with van der Waals surface area (Å²) in [6, 6.07) is 10.9. The topological polar surface area (TPSA) is 111 Å². The van der Waals surface area contributed by atoms with E-state index in [2.05, 4.69) is 10.6 Å². The van der Waals surface area contributed by atoms with Crippen molar-refractivity contribution in [3.8, 4) is 5.75 Å². The Labute approximate surface area is 156 Å². The highest BCUT2D eigenvalue weighted by molar-refractivity contribution is 6.04. The molecule has 0 saturated heterocycles. The Balaban J connectivity index is 2.07. The number of nitrogens with zero attached hydrogens (tertiary/aromatic N) is 1. The molecule has 0 aliphatic heterocycles. The molecule has 0 fully saturated rings. The molecule has 27 heavy (non-hydrogen) atoms. The van der Waals surface area contributed by atoms with Crippen molar-refractivity contribution in [2.75, 3.05) is 12.4 Å². The van der Waals surface area contributed by atoms with Gasteiger partial charge in [-0.3, -0.25) is 19.7 Å². The molecular formula is C19H21N3O5. The third-order valence-electron chi connectivity index (χ3n) is 3.66. The fourth-order valence-corrected chi connectivity index (χ4v) is 2.44. The number of nitro groups is 1. The Morgan fingerprint density at radius 1 is 1.15 bits per heavy atom. The fraction of sp³-hybridized carbons (Fsp3) is 0.263. The highest BCUT2D eigenvalue weighted by atomic mass is 16.6. The van der Waals surface area contributed by atoms with E-state index in [1.165, 1.54) is 25.3 Å². The zero-order valence-corrected chi connectivity index (χ0v) is 15.3. The van der Waals surface area contributed by atoms with Crippen LogP contribution in [0.25, 0.3) is 0 Å². The van der Waals surface area contributed by atoms with Gasteiger partial charge in [-0.2, -0.15) is 0 Å². The van der Waals surface area contributed by atoms with Gasteiger partial charge in [-0.1, -0.05) is 12.1 Å². The van der Waals surface area contributed by atoms with E-state index in [4.69, 9.17) is 4.74 Å². The molecule has 0 aliphatic rings. The van der Waals surface area contributed by atoms with Gasteiger partial charge in [0.1, 0.15) is 0 Å². The Morgan fingerprint density at radius 3 is 2.37 bits per heavy atom. The van der Waals surface area contributed by atoms with Crippen molar-refractivity contribution in [2.24, 2.45) is 0 Å².